The van der Waals surface area contributed by atoms with Crippen LogP contribution in [0.1, 0.15) is 33.1 Å². The van der Waals surface area contributed by atoms with Gasteiger partial charge in [0, 0.05) is 19.1 Å². The molecule has 2 heteroatoms. The van der Waals surface area contributed by atoms with Crippen LogP contribution in [0.25, 0.3) is 0 Å². The summed E-state index contributed by atoms with van der Waals surface area (Å²) in [6, 6.07) is 0.683. The van der Waals surface area contributed by atoms with Crippen molar-refractivity contribution < 1.29 is 4.74 Å². The van der Waals surface area contributed by atoms with Gasteiger partial charge in [-0.1, -0.05) is 0 Å². The van der Waals surface area contributed by atoms with Gasteiger partial charge in [-0.15, -0.1) is 0 Å². The Hall–Kier alpha value is -0.0800. The third-order valence-corrected chi connectivity index (χ3v) is 3.18. The molecule has 70 valence electrons. The first-order valence-electron chi connectivity index (χ1n) is 5.10. The maximum atomic E-state index is 5.84. The molecule has 0 radical (unpaired) electrons. The number of hydrogen-bond acceptors (Lipinski definition) is 2. The zero-order valence-corrected chi connectivity index (χ0v) is 8.18. The van der Waals surface area contributed by atoms with E-state index in [1.165, 1.54) is 25.8 Å². The summed E-state index contributed by atoms with van der Waals surface area (Å²) in [6.45, 7) is 7.84. The molecule has 1 saturated carbocycles. The van der Waals surface area contributed by atoms with Gasteiger partial charge in [0.15, 0.2) is 0 Å². The van der Waals surface area contributed by atoms with Crippen LogP contribution in [0.2, 0.25) is 0 Å². The van der Waals surface area contributed by atoms with Crippen LogP contribution in [0.3, 0.4) is 0 Å². The molecule has 0 aromatic heterocycles. The second kappa shape index (κ2) is 3.00. The molecular weight excluding hydrogens is 150 g/mol. The van der Waals surface area contributed by atoms with Gasteiger partial charge >= 0.3 is 0 Å². The highest BCUT2D eigenvalue weighted by molar-refractivity contribution is 4.97. The molecule has 12 heavy (non-hydrogen) atoms. The molecule has 2 nitrogen and oxygen atoms in total. The van der Waals surface area contributed by atoms with Crippen molar-refractivity contribution in [3.63, 3.8) is 0 Å². The van der Waals surface area contributed by atoms with Crippen molar-refractivity contribution in [2.75, 3.05) is 19.7 Å². The van der Waals surface area contributed by atoms with Crippen LogP contribution >= 0.6 is 0 Å². The fourth-order valence-corrected chi connectivity index (χ4v) is 1.96. The average molecular weight is 169 g/mol. The van der Waals surface area contributed by atoms with Gasteiger partial charge in [-0.25, -0.2) is 0 Å². The largest absolute Gasteiger partial charge is 0.374 e. The van der Waals surface area contributed by atoms with Crippen LogP contribution in [-0.2, 0) is 4.74 Å². The Morgan fingerprint density at radius 1 is 1.17 bits per heavy atom. The van der Waals surface area contributed by atoms with Gasteiger partial charge in [0.2, 0.25) is 0 Å². The molecule has 0 unspecified atom stereocenters. The molecule has 0 aromatic rings. The van der Waals surface area contributed by atoms with E-state index in [1.807, 2.05) is 0 Å². The third kappa shape index (κ3) is 1.64. The summed E-state index contributed by atoms with van der Waals surface area (Å²) in [7, 11) is 0. The summed E-state index contributed by atoms with van der Waals surface area (Å²) in [4.78, 5) is 2.52. The molecule has 0 N–H and O–H groups in total. The van der Waals surface area contributed by atoms with E-state index in [0.717, 1.165) is 13.2 Å². The van der Waals surface area contributed by atoms with Gasteiger partial charge in [-0.05, 0) is 33.1 Å². The monoisotopic (exact) mass is 169 g/mol. The van der Waals surface area contributed by atoms with E-state index in [9.17, 15) is 0 Å². The molecule has 0 bridgehead atoms. The van der Waals surface area contributed by atoms with Crippen LogP contribution in [0.4, 0.5) is 0 Å². The lowest BCUT2D eigenvalue weighted by Gasteiger charge is -2.23. The van der Waals surface area contributed by atoms with Crippen molar-refractivity contribution in [3.05, 3.63) is 0 Å². The summed E-state index contributed by atoms with van der Waals surface area (Å²) < 4.78 is 5.84. The predicted octanol–water partition coefficient (Wildman–Crippen LogP) is 1.65. The first-order chi connectivity index (χ1) is 5.72. The van der Waals surface area contributed by atoms with Crippen molar-refractivity contribution in [1.82, 2.24) is 4.90 Å². The highest BCUT2D eigenvalue weighted by Crippen LogP contribution is 2.43. The Labute approximate surface area is 74.9 Å². The van der Waals surface area contributed by atoms with Gasteiger partial charge in [0.25, 0.3) is 0 Å². The predicted molar refractivity (Wildman–Crippen MR) is 49.2 cm³/mol. The molecule has 1 heterocycles. The number of rotatable bonds is 1. The Morgan fingerprint density at radius 3 is 2.50 bits per heavy atom. The average Bonchev–Trinajstić information content (AvgIpc) is 2.80. The molecule has 0 aromatic carbocycles. The second-order valence-electron chi connectivity index (χ2n) is 4.41. The Morgan fingerprint density at radius 2 is 1.92 bits per heavy atom. The van der Waals surface area contributed by atoms with Crippen molar-refractivity contribution in [2.45, 2.75) is 44.8 Å². The van der Waals surface area contributed by atoms with E-state index in [2.05, 4.69) is 18.7 Å². The normalized spacial score (nSPS) is 29.2. The number of hydrogen-bond donors (Lipinski definition) is 0. The Kier molecular flexibility index (Phi) is 2.13. The smallest absolute Gasteiger partial charge is 0.0697 e. The summed E-state index contributed by atoms with van der Waals surface area (Å²) in [5.41, 5.74) is 0.337. The minimum absolute atomic E-state index is 0.337. The maximum absolute atomic E-state index is 5.84. The van der Waals surface area contributed by atoms with Crippen molar-refractivity contribution >= 4 is 0 Å². The van der Waals surface area contributed by atoms with Gasteiger partial charge in [0.05, 0.1) is 12.2 Å². The quantitative estimate of drug-likeness (QED) is 0.592. The molecule has 1 spiro atoms. The molecule has 1 aliphatic carbocycles. The molecule has 0 atom stereocenters. The number of nitrogens with zero attached hydrogens (tertiary/aromatic N) is 1. The highest BCUT2D eigenvalue weighted by atomic mass is 16.5. The first kappa shape index (κ1) is 8.52. The lowest BCUT2D eigenvalue weighted by Crippen LogP contribution is -2.33. The van der Waals surface area contributed by atoms with Crippen molar-refractivity contribution in [3.8, 4) is 0 Å². The van der Waals surface area contributed by atoms with E-state index in [4.69, 9.17) is 4.74 Å². The minimum atomic E-state index is 0.337. The molecular formula is C10H19NO. The fourth-order valence-electron chi connectivity index (χ4n) is 1.96. The summed E-state index contributed by atoms with van der Waals surface area (Å²) >= 11 is 0. The number of ether oxygens (including phenoxy) is 1. The van der Waals surface area contributed by atoms with Gasteiger partial charge in [0.1, 0.15) is 0 Å². The third-order valence-electron chi connectivity index (χ3n) is 3.18. The lowest BCUT2D eigenvalue weighted by molar-refractivity contribution is 0.0414. The van der Waals surface area contributed by atoms with Crippen LogP contribution < -0.4 is 0 Å². The second-order valence-corrected chi connectivity index (χ2v) is 4.41. The van der Waals surface area contributed by atoms with Gasteiger partial charge < -0.3 is 4.74 Å². The molecule has 0 amide bonds. The highest BCUT2D eigenvalue weighted by Gasteiger charge is 2.44. The molecule has 2 fully saturated rings. The Bertz CT molecular complexity index is 163. The maximum Gasteiger partial charge on any atom is 0.0697 e. The topological polar surface area (TPSA) is 12.5 Å². The van der Waals surface area contributed by atoms with Crippen molar-refractivity contribution in [1.29, 1.82) is 0 Å². The lowest BCUT2D eigenvalue weighted by atomic mass is 10.2. The minimum Gasteiger partial charge on any atom is -0.374 e. The summed E-state index contributed by atoms with van der Waals surface area (Å²) in [5, 5.41) is 0. The zero-order chi connectivity index (χ0) is 8.60. The molecule has 1 aliphatic heterocycles. The molecule has 2 aliphatic rings. The SMILES string of the molecule is CC(C)N1CCOC2(CC1)CC2. The van der Waals surface area contributed by atoms with Crippen LogP contribution in [0.5, 0.6) is 0 Å². The van der Waals surface area contributed by atoms with Gasteiger partial charge in [-0.2, -0.15) is 0 Å². The van der Waals surface area contributed by atoms with E-state index in [0.29, 0.717) is 11.6 Å². The summed E-state index contributed by atoms with van der Waals surface area (Å²) in [6.07, 6.45) is 3.86. The fraction of sp³-hybridized carbons (Fsp3) is 1.00. The van der Waals surface area contributed by atoms with E-state index in [1.54, 1.807) is 0 Å². The first-order valence-corrected chi connectivity index (χ1v) is 5.10. The van der Waals surface area contributed by atoms with Crippen molar-refractivity contribution in [2.24, 2.45) is 0 Å². The van der Waals surface area contributed by atoms with Crippen LogP contribution in [-0.4, -0.2) is 36.2 Å². The van der Waals surface area contributed by atoms with Crippen LogP contribution in [0.15, 0.2) is 0 Å². The Balaban J connectivity index is 1.89. The molecule has 1 saturated heterocycles. The van der Waals surface area contributed by atoms with E-state index < -0.39 is 0 Å². The van der Waals surface area contributed by atoms with Crippen LogP contribution in [0, 0.1) is 0 Å². The zero-order valence-electron chi connectivity index (χ0n) is 8.18. The van der Waals surface area contributed by atoms with E-state index in [-0.39, 0.29) is 0 Å². The molecule has 2 rings (SSSR count). The van der Waals surface area contributed by atoms with Gasteiger partial charge in [-0.3, -0.25) is 4.90 Å². The standard InChI is InChI=1S/C10H19NO/c1-9(2)11-6-5-10(3-4-10)12-8-7-11/h9H,3-8H2,1-2H3. The summed E-state index contributed by atoms with van der Waals surface area (Å²) in [5.74, 6) is 0. The van der Waals surface area contributed by atoms with E-state index >= 15 is 0 Å².